The Balaban J connectivity index is 1.85. The van der Waals surface area contributed by atoms with Gasteiger partial charge in [0.25, 0.3) is 0 Å². The highest BCUT2D eigenvalue weighted by Crippen LogP contribution is 2.52. The maximum Gasteiger partial charge on any atom is 0.113 e. The zero-order chi connectivity index (χ0) is 13.5. The molecule has 0 amide bonds. The molecule has 2 fully saturated rings. The van der Waals surface area contributed by atoms with Gasteiger partial charge in [-0.15, -0.1) is 0 Å². The Morgan fingerprint density at radius 2 is 1.84 bits per heavy atom. The number of nitrogens with zero attached hydrogens (tertiary/aromatic N) is 1. The van der Waals surface area contributed by atoms with Gasteiger partial charge in [0.2, 0.25) is 0 Å². The Morgan fingerprint density at radius 1 is 1.16 bits per heavy atom. The lowest BCUT2D eigenvalue weighted by molar-refractivity contribution is -0.178. The summed E-state index contributed by atoms with van der Waals surface area (Å²) in [6.45, 7) is 0. The molecule has 3 rings (SSSR count). The average molecular weight is 263 g/mol. The van der Waals surface area contributed by atoms with Gasteiger partial charge in [0.05, 0.1) is 5.60 Å². The van der Waals surface area contributed by atoms with Crippen molar-refractivity contribution in [2.45, 2.75) is 49.9 Å². The molecule has 2 saturated carbocycles. The highest BCUT2D eigenvalue weighted by Gasteiger charge is 2.56. The fourth-order valence-electron chi connectivity index (χ4n) is 4.03. The molecule has 1 aromatic rings. The van der Waals surface area contributed by atoms with Gasteiger partial charge in [0.15, 0.2) is 0 Å². The van der Waals surface area contributed by atoms with Crippen LogP contribution in [0.2, 0.25) is 0 Å². The van der Waals surface area contributed by atoms with Crippen molar-refractivity contribution in [3.8, 4) is 0 Å². The van der Waals surface area contributed by atoms with Gasteiger partial charge in [-0.3, -0.25) is 4.98 Å². The first-order chi connectivity index (χ1) is 9.14. The van der Waals surface area contributed by atoms with Crippen molar-refractivity contribution in [1.82, 2.24) is 4.98 Å². The number of aliphatic hydroxyl groups excluding tert-OH is 2. The van der Waals surface area contributed by atoms with E-state index in [1.54, 1.807) is 24.5 Å². The summed E-state index contributed by atoms with van der Waals surface area (Å²) in [5.41, 5.74) is -0.568. The number of fused-ring (bicyclic) bond motifs is 2. The fourth-order valence-corrected chi connectivity index (χ4v) is 4.03. The monoisotopic (exact) mass is 263 g/mol. The van der Waals surface area contributed by atoms with Crippen LogP contribution in [0.1, 0.15) is 43.8 Å². The minimum Gasteiger partial charge on any atom is -0.387 e. The van der Waals surface area contributed by atoms with Crippen LogP contribution in [0.3, 0.4) is 0 Å². The molecule has 104 valence electrons. The van der Waals surface area contributed by atoms with E-state index >= 15 is 0 Å². The summed E-state index contributed by atoms with van der Waals surface area (Å²) in [5, 5.41) is 31.8. The quantitative estimate of drug-likeness (QED) is 0.771. The van der Waals surface area contributed by atoms with E-state index in [1.807, 2.05) is 0 Å². The minimum absolute atomic E-state index is 0.118. The smallest absolute Gasteiger partial charge is 0.113 e. The van der Waals surface area contributed by atoms with Gasteiger partial charge >= 0.3 is 0 Å². The molecule has 0 radical (unpaired) electrons. The van der Waals surface area contributed by atoms with Crippen LogP contribution in [0.15, 0.2) is 24.5 Å². The summed E-state index contributed by atoms with van der Waals surface area (Å²) in [6.07, 6.45) is 5.90. The first-order valence-corrected chi connectivity index (χ1v) is 7.12. The van der Waals surface area contributed by atoms with Gasteiger partial charge < -0.3 is 15.3 Å². The predicted molar refractivity (Wildman–Crippen MR) is 70.2 cm³/mol. The summed E-state index contributed by atoms with van der Waals surface area (Å²) in [4.78, 5) is 3.96. The van der Waals surface area contributed by atoms with Crippen LogP contribution >= 0.6 is 0 Å². The average Bonchev–Trinajstić information content (AvgIpc) is 2.66. The SMILES string of the molecule is OC(c1cccnc1)C(O)[C@]1(O)[C@@H]2CCC[C@H]1CC2. The molecule has 4 nitrogen and oxygen atoms in total. The normalized spacial score (nSPS) is 37.0. The zero-order valence-electron chi connectivity index (χ0n) is 10.9. The molecule has 0 aliphatic heterocycles. The van der Waals surface area contributed by atoms with Crippen LogP contribution in [-0.4, -0.2) is 32.0 Å². The van der Waals surface area contributed by atoms with E-state index in [4.69, 9.17) is 0 Å². The van der Waals surface area contributed by atoms with Crippen molar-refractivity contribution in [3.63, 3.8) is 0 Å². The maximum atomic E-state index is 10.9. The topological polar surface area (TPSA) is 73.6 Å². The molecule has 0 aromatic carbocycles. The Kier molecular flexibility index (Phi) is 3.33. The molecule has 2 unspecified atom stereocenters. The number of aliphatic hydroxyl groups is 3. The second-order valence-electron chi connectivity index (χ2n) is 5.97. The van der Waals surface area contributed by atoms with E-state index < -0.39 is 17.8 Å². The highest BCUT2D eigenvalue weighted by molar-refractivity contribution is 5.17. The molecule has 19 heavy (non-hydrogen) atoms. The Hall–Kier alpha value is -0.970. The van der Waals surface area contributed by atoms with Crippen LogP contribution in [0.25, 0.3) is 0 Å². The summed E-state index contributed by atoms with van der Waals surface area (Å²) < 4.78 is 0. The van der Waals surface area contributed by atoms with E-state index in [-0.39, 0.29) is 11.8 Å². The summed E-state index contributed by atoms with van der Waals surface area (Å²) in [5.74, 6) is 0.236. The van der Waals surface area contributed by atoms with E-state index in [0.29, 0.717) is 5.56 Å². The lowest BCUT2D eigenvalue weighted by atomic mass is 9.69. The van der Waals surface area contributed by atoms with E-state index in [9.17, 15) is 15.3 Å². The third kappa shape index (κ3) is 1.98. The Morgan fingerprint density at radius 3 is 2.42 bits per heavy atom. The van der Waals surface area contributed by atoms with Gasteiger partial charge in [-0.1, -0.05) is 12.5 Å². The van der Waals surface area contributed by atoms with Crippen molar-refractivity contribution < 1.29 is 15.3 Å². The zero-order valence-corrected chi connectivity index (χ0v) is 10.9. The molecule has 1 aromatic heterocycles. The molecule has 2 bridgehead atoms. The van der Waals surface area contributed by atoms with Crippen LogP contribution in [0.4, 0.5) is 0 Å². The molecular formula is C15H21NO3. The molecule has 4 heteroatoms. The molecule has 0 spiro atoms. The van der Waals surface area contributed by atoms with E-state index in [2.05, 4.69) is 4.98 Å². The van der Waals surface area contributed by atoms with Gasteiger partial charge in [0.1, 0.15) is 12.2 Å². The van der Waals surface area contributed by atoms with Crippen molar-refractivity contribution in [2.75, 3.05) is 0 Å². The van der Waals surface area contributed by atoms with Crippen LogP contribution in [0, 0.1) is 11.8 Å². The third-order valence-corrected chi connectivity index (χ3v) is 5.08. The number of rotatable bonds is 3. The van der Waals surface area contributed by atoms with Crippen molar-refractivity contribution >= 4 is 0 Å². The van der Waals surface area contributed by atoms with E-state index in [0.717, 1.165) is 32.1 Å². The molecule has 2 aliphatic carbocycles. The number of aromatic nitrogens is 1. The van der Waals surface area contributed by atoms with Crippen LogP contribution < -0.4 is 0 Å². The molecule has 1 heterocycles. The summed E-state index contributed by atoms with van der Waals surface area (Å²) in [7, 11) is 0. The van der Waals surface area contributed by atoms with Crippen molar-refractivity contribution in [2.24, 2.45) is 11.8 Å². The predicted octanol–water partition coefficient (Wildman–Crippen LogP) is 1.42. The third-order valence-electron chi connectivity index (χ3n) is 5.08. The number of hydrogen-bond acceptors (Lipinski definition) is 4. The van der Waals surface area contributed by atoms with Crippen molar-refractivity contribution in [3.05, 3.63) is 30.1 Å². The standard InChI is InChI=1S/C15H21NO3/c17-13(10-3-2-8-16-9-10)14(18)15(19)11-4-1-5-12(15)7-6-11/h2-3,8-9,11-14,17-19H,1,4-7H2/t11-,12+,13?,14?,15+. The second-order valence-corrected chi connectivity index (χ2v) is 5.97. The lowest BCUT2D eigenvalue weighted by Gasteiger charge is -2.44. The minimum atomic E-state index is -1.13. The van der Waals surface area contributed by atoms with Gasteiger partial charge in [0, 0.05) is 18.0 Å². The van der Waals surface area contributed by atoms with Crippen LogP contribution in [-0.2, 0) is 0 Å². The first-order valence-electron chi connectivity index (χ1n) is 7.12. The highest BCUT2D eigenvalue weighted by atomic mass is 16.4. The lowest BCUT2D eigenvalue weighted by Crippen LogP contribution is -2.54. The maximum absolute atomic E-state index is 10.9. The Labute approximate surface area is 113 Å². The van der Waals surface area contributed by atoms with Gasteiger partial charge in [-0.25, -0.2) is 0 Å². The van der Waals surface area contributed by atoms with Gasteiger partial charge in [-0.2, -0.15) is 0 Å². The van der Waals surface area contributed by atoms with E-state index in [1.165, 1.54) is 0 Å². The largest absolute Gasteiger partial charge is 0.387 e. The molecule has 2 aliphatic rings. The second kappa shape index (κ2) is 4.85. The number of pyridine rings is 1. The molecular weight excluding hydrogens is 242 g/mol. The molecule has 0 saturated heterocycles. The van der Waals surface area contributed by atoms with Crippen LogP contribution in [0.5, 0.6) is 0 Å². The fraction of sp³-hybridized carbons (Fsp3) is 0.667. The van der Waals surface area contributed by atoms with Crippen molar-refractivity contribution in [1.29, 1.82) is 0 Å². The summed E-state index contributed by atoms with van der Waals surface area (Å²) in [6, 6.07) is 3.46. The summed E-state index contributed by atoms with van der Waals surface area (Å²) >= 11 is 0. The molecule has 3 N–H and O–H groups in total. The number of hydrogen-bond donors (Lipinski definition) is 3. The van der Waals surface area contributed by atoms with Gasteiger partial charge in [-0.05, 0) is 43.6 Å². The first kappa shape index (κ1) is 13.0. The molecule has 5 atom stereocenters. The Bertz CT molecular complexity index is 420.